The van der Waals surface area contributed by atoms with Crippen molar-refractivity contribution in [3.63, 3.8) is 0 Å². The Kier molecular flexibility index (Phi) is 19.6. The average molecular weight is 674 g/mol. The molecule has 3 aromatic carbocycles. The third-order valence-corrected chi connectivity index (χ3v) is 13.7. The fraction of sp³-hybridized carbons (Fsp3) is 0.405. The van der Waals surface area contributed by atoms with E-state index < -0.39 is 8.07 Å². The van der Waals surface area contributed by atoms with Crippen LogP contribution in [0.15, 0.2) is 89.6 Å². The van der Waals surface area contributed by atoms with E-state index in [2.05, 4.69) is 120 Å². The molecule has 3 aromatic rings. The SMILES string of the molecule is CCCCc1ccc([Si](C2=C(C)[C-]=CC2C)(c2ccc(CCCC)cc2)c2ccc(CCCC)cc2)cc1.[Cl-].[Cl-].[Cl-].[Ti+4]. The molecular formula is C37H47Cl3SiTi. The van der Waals surface area contributed by atoms with Gasteiger partial charge in [-0.05, 0) is 55.2 Å². The van der Waals surface area contributed by atoms with Crippen LogP contribution < -0.4 is 52.8 Å². The number of benzene rings is 3. The predicted molar refractivity (Wildman–Crippen MR) is 169 cm³/mol. The Labute approximate surface area is 291 Å². The molecule has 0 N–H and O–H groups in total. The number of hydrogen-bond donors (Lipinski definition) is 0. The molecule has 1 aliphatic carbocycles. The number of rotatable bonds is 13. The Hall–Kier alpha value is -1.06. The van der Waals surface area contributed by atoms with Gasteiger partial charge in [0, 0.05) is 0 Å². The van der Waals surface area contributed by atoms with Crippen LogP contribution in [0.1, 0.15) is 89.8 Å². The topological polar surface area (TPSA) is 0 Å². The summed E-state index contributed by atoms with van der Waals surface area (Å²) in [7, 11) is -2.49. The summed E-state index contributed by atoms with van der Waals surface area (Å²) >= 11 is 0. The molecule has 0 aromatic heterocycles. The van der Waals surface area contributed by atoms with Gasteiger partial charge in [0.15, 0.2) is 0 Å². The molecule has 0 nitrogen and oxygen atoms in total. The number of aryl methyl sites for hydroxylation is 3. The summed E-state index contributed by atoms with van der Waals surface area (Å²) in [4.78, 5) is 0. The van der Waals surface area contributed by atoms with Crippen LogP contribution in [0.3, 0.4) is 0 Å². The smallest absolute Gasteiger partial charge is 1.00 e. The van der Waals surface area contributed by atoms with E-state index in [-0.39, 0.29) is 58.9 Å². The van der Waals surface area contributed by atoms with Gasteiger partial charge in [-0.3, -0.25) is 6.08 Å². The molecule has 0 saturated carbocycles. The zero-order valence-corrected chi connectivity index (χ0v) is 30.9. The van der Waals surface area contributed by atoms with Gasteiger partial charge in [-0.1, -0.05) is 148 Å². The molecule has 4 rings (SSSR count). The monoisotopic (exact) mass is 672 g/mol. The van der Waals surface area contributed by atoms with Crippen LogP contribution in [0.4, 0.5) is 0 Å². The standard InChI is InChI=1S/C37H47Si.3ClH.Ti/c1-6-9-12-31-17-23-34(24-18-31)38(37-29(4)15-16-30(37)5,35-25-19-32(20-26-35)13-10-7-2)36-27-21-33(22-28-36)14-11-8-3;;;;/h15,17-29H,6-14H2,1-5H3;3*1H;/q-1;;;;+4/p-3. The molecular weight excluding hydrogens is 627 g/mol. The molecule has 224 valence electrons. The first-order chi connectivity index (χ1) is 18.5. The largest absolute Gasteiger partial charge is 4.00 e. The van der Waals surface area contributed by atoms with Crippen LogP contribution in [-0.4, -0.2) is 8.07 Å². The van der Waals surface area contributed by atoms with E-state index in [1.165, 1.54) is 76.3 Å². The maximum Gasteiger partial charge on any atom is 4.00 e. The third kappa shape index (κ3) is 9.23. The zero-order valence-electron chi connectivity index (χ0n) is 26.1. The Morgan fingerprint density at radius 2 is 0.881 bits per heavy atom. The summed E-state index contributed by atoms with van der Waals surface area (Å²) in [6.07, 6.45) is 16.9. The fourth-order valence-corrected chi connectivity index (χ4v) is 11.6. The summed E-state index contributed by atoms with van der Waals surface area (Å²) in [6.45, 7) is 11.5. The summed E-state index contributed by atoms with van der Waals surface area (Å²) < 4.78 is 0. The van der Waals surface area contributed by atoms with Crippen LogP contribution in [0.2, 0.25) is 0 Å². The molecule has 42 heavy (non-hydrogen) atoms. The molecule has 1 atom stereocenters. The number of allylic oxidation sites excluding steroid dienone is 4. The van der Waals surface area contributed by atoms with Crippen LogP contribution in [0, 0.1) is 12.0 Å². The van der Waals surface area contributed by atoms with Crippen molar-refractivity contribution in [2.45, 2.75) is 92.4 Å². The predicted octanol–water partition coefficient (Wildman–Crippen LogP) is -0.941. The minimum absolute atomic E-state index is 0. The first-order valence-electron chi connectivity index (χ1n) is 15.1. The molecule has 1 aliphatic rings. The Morgan fingerprint density at radius 1 is 0.571 bits per heavy atom. The molecule has 0 radical (unpaired) electrons. The van der Waals surface area contributed by atoms with E-state index in [0.29, 0.717) is 5.92 Å². The van der Waals surface area contributed by atoms with Crippen molar-refractivity contribution in [3.05, 3.63) is 112 Å². The number of hydrogen-bond acceptors (Lipinski definition) is 0. The quantitative estimate of drug-likeness (QED) is 0.125. The summed E-state index contributed by atoms with van der Waals surface area (Å²) in [5, 5.41) is 6.09. The molecule has 0 bridgehead atoms. The van der Waals surface area contributed by atoms with Gasteiger partial charge >= 0.3 is 21.7 Å². The molecule has 1 unspecified atom stereocenters. The minimum Gasteiger partial charge on any atom is -1.00 e. The van der Waals surface area contributed by atoms with E-state index in [4.69, 9.17) is 0 Å². The first-order valence-corrected chi connectivity index (χ1v) is 17.1. The number of unbranched alkanes of at least 4 members (excludes halogenated alkanes) is 3. The minimum atomic E-state index is -2.49. The maximum atomic E-state index is 3.64. The van der Waals surface area contributed by atoms with Gasteiger partial charge < -0.3 is 37.2 Å². The Bertz CT molecular complexity index is 1110. The molecule has 0 saturated heterocycles. The van der Waals surface area contributed by atoms with Gasteiger partial charge in [-0.25, -0.2) is 5.57 Å². The number of halogens is 3. The molecule has 0 amide bonds. The van der Waals surface area contributed by atoms with Crippen molar-refractivity contribution in [1.82, 2.24) is 0 Å². The van der Waals surface area contributed by atoms with Gasteiger partial charge in [0.1, 0.15) is 0 Å². The Morgan fingerprint density at radius 3 is 1.12 bits per heavy atom. The van der Waals surface area contributed by atoms with Crippen LogP contribution in [-0.2, 0) is 41.0 Å². The second-order valence-corrected chi connectivity index (χ2v) is 15.1. The van der Waals surface area contributed by atoms with E-state index in [1.54, 1.807) is 5.20 Å². The van der Waals surface area contributed by atoms with Crippen molar-refractivity contribution in [3.8, 4) is 0 Å². The molecule has 0 fully saturated rings. The van der Waals surface area contributed by atoms with E-state index >= 15 is 0 Å². The van der Waals surface area contributed by atoms with Crippen LogP contribution >= 0.6 is 0 Å². The summed E-state index contributed by atoms with van der Waals surface area (Å²) in [5.41, 5.74) is 5.71. The van der Waals surface area contributed by atoms with Crippen LogP contribution in [0.25, 0.3) is 0 Å². The van der Waals surface area contributed by atoms with E-state index in [9.17, 15) is 0 Å². The van der Waals surface area contributed by atoms with Crippen molar-refractivity contribution in [2.24, 2.45) is 5.92 Å². The second kappa shape index (κ2) is 20.1. The van der Waals surface area contributed by atoms with Crippen molar-refractivity contribution in [2.75, 3.05) is 0 Å². The molecule has 5 heteroatoms. The molecule has 0 aliphatic heterocycles. The fourth-order valence-electron chi connectivity index (χ4n) is 6.25. The maximum absolute atomic E-state index is 3.64. The van der Waals surface area contributed by atoms with Gasteiger partial charge in [0.2, 0.25) is 0 Å². The van der Waals surface area contributed by atoms with Gasteiger partial charge in [0.05, 0.1) is 8.07 Å². The summed E-state index contributed by atoms with van der Waals surface area (Å²) in [5.74, 6) is 0.390. The second-order valence-electron chi connectivity index (χ2n) is 11.3. The van der Waals surface area contributed by atoms with Gasteiger partial charge in [-0.2, -0.15) is 11.3 Å². The zero-order chi connectivity index (χ0) is 27.0. The van der Waals surface area contributed by atoms with Gasteiger partial charge in [0.25, 0.3) is 0 Å². The third-order valence-electron chi connectivity index (χ3n) is 8.43. The van der Waals surface area contributed by atoms with E-state index in [0.717, 1.165) is 19.3 Å². The normalized spacial score (nSPS) is 14.0. The molecule has 0 spiro atoms. The van der Waals surface area contributed by atoms with Crippen molar-refractivity contribution in [1.29, 1.82) is 0 Å². The summed E-state index contributed by atoms with van der Waals surface area (Å²) in [6, 6.07) is 29.3. The van der Waals surface area contributed by atoms with Gasteiger partial charge in [-0.15, -0.1) is 0 Å². The Balaban J connectivity index is 0.00000420. The van der Waals surface area contributed by atoms with Crippen molar-refractivity contribution >= 4 is 23.6 Å². The first kappa shape index (κ1) is 40.9. The molecule has 0 heterocycles. The van der Waals surface area contributed by atoms with E-state index in [1.807, 2.05) is 0 Å². The van der Waals surface area contributed by atoms with Crippen LogP contribution in [0.5, 0.6) is 0 Å². The van der Waals surface area contributed by atoms with Crippen molar-refractivity contribution < 1.29 is 58.9 Å². The average Bonchev–Trinajstić information content (AvgIpc) is 3.29.